The van der Waals surface area contributed by atoms with E-state index in [9.17, 15) is 9.59 Å². The van der Waals surface area contributed by atoms with E-state index in [0.717, 1.165) is 22.3 Å². The maximum atomic E-state index is 13.3. The predicted octanol–water partition coefficient (Wildman–Crippen LogP) is 4.95. The number of nitrogens with zero attached hydrogens (tertiary/aromatic N) is 1. The molecule has 0 bridgehead atoms. The van der Waals surface area contributed by atoms with Crippen molar-refractivity contribution in [1.82, 2.24) is 10.2 Å². The van der Waals surface area contributed by atoms with Gasteiger partial charge >= 0.3 is 0 Å². The fourth-order valence-corrected chi connectivity index (χ4v) is 3.74. The highest BCUT2D eigenvalue weighted by atomic mass is 16.3. The van der Waals surface area contributed by atoms with Gasteiger partial charge in [0.1, 0.15) is 6.04 Å². The molecule has 33 heavy (non-hydrogen) atoms. The van der Waals surface area contributed by atoms with Gasteiger partial charge in [0.15, 0.2) is 5.76 Å². The van der Waals surface area contributed by atoms with Gasteiger partial charge in [-0.3, -0.25) is 9.59 Å². The van der Waals surface area contributed by atoms with Gasteiger partial charge in [-0.05, 0) is 34.4 Å². The molecule has 1 aromatic heterocycles. The summed E-state index contributed by atoms with van der Waals surface area (Å²) >= 11 is 0. The third-order valence-corrected chi connectivity index (χ3v) is 5.49. The number of likely N-dealkylation sites (N-methyl/N-ethyl adjacent to an activating group) is 1. The monoisotopic (exact) mass is 438 g/mol. The highest BCUT2D eigenvalue weighted by Crippen LogP contribution is 2.20. The molecular weight excluding hydrogens is 412 g/mol. The van der Waals surface area contributed by atoms with Crippen molar-refractivity contribution < 1.29 is 14.0 Å². The lowest BCUT2D eigenvalue weighted by atomic mass is 10.0. The molecule has 166 valence electrons. The first kappa shape index (κ1) is 22.1. The minimum Gasteiger partial charge on any atom is -0.459 e. The molecule has 0 aliphatic rings. The molecule has 4 rings (SSSR count). The molecule has 0 aliphatic carbocycles. The molecule has 2 amide bonds. The average Bonchev–Trinajstić information content (AvgIpc) is 3.40. The SMILES string of the molecule is CN(Cc1ccc(-c2ccccc2)cc1)C(=O)C(Cc1ccccc1)NC(=O)c1ccco1. The van der Waals surface area contributed by atoms with E-state index in [1.165, 1.54) is 6.26 Å². The van der Waals surface area contributed by atoms with Crippen molar-refractivity contribution in [3.8, 4) is 11.1 Å². The van der Waals surface area contributed by atoms with Crippen molar-refractivity contribution in [1.29, 1.82) is 0 Å². The van der Waals surface area contributed by atoms with Crippen molar-refractivity contribution in [2.45, 2.75) is 19.0 Å². The Bertz CT molecular complexity index is 1170. The Morgan fingerprint density at radius 1 is 0.788 bits per heavy atom. The summed E-state index contributed by atoms with van der Waals surface area (Å²) in [5.41, 5.74) is 4.26. The molecule has 3 aromatic carbocycles. The first-order chi connectivity index (χ1) is 16.1. The van der Waals surface area contributed by atoms with E-state index in [1.807, 2.05) is 60.7 Å². The Balaban J connectivity index is 1.46. The van der Waals surface area contributed by atoms with Crippen LogP contribution in [0.1, 0.15) is 21.7 Å². The Labute approximate surface area is 193 Å². The number of benzene rings is 3. The largest absolute Gasteiger partial charge is 0.459 e. The number of carbonyl (C=O) groups excluding carboxylic acids is 2. The Hall–Kier alpha value is -4.12. The fraction of sp³-hybridized carbons (Fsp3) is 0.143. The second-order valence-corrected chi connectivity index (χ2v) is 7.95. The smallest absolute Gasteiger partial charge is 0.287 e. The highest BCUT2D eigenvalue weighted by Gasteiger charge is 2.26. The predicted molar refractivity (Wildman–Crippen MR) is 128 cm³/mol. The molecular formula is C28H26N2O3. The molecule has 0 spiro atoms. The summed E-state index contributed by atoms with van der Waals surface area (Å²) in [6, 6.07) is 30.5. The standard InChI is InChI=1S/C28H26N2O3/c1-30(20-22-14-16-24(17-15-22)23-11-6-3-7-12-23)28(32)25(19-21-9-4-2-5-10-21)29-27(31)26-13-8-18-33-26/h2-18,25H,19-20H2,1H3,(H,29,31). The number of hydrogen-bond donors (Lipinski definition) is 1. The van der Waals surface area contributed by atoms with E-state index >= 15 is 0 Å². The lowest BCUT2D eigenvalue weighted by Gasteiger charge is -2.25. The quantitative estimate of drug-likeness (QED) is 0.424. The number of rotatable bonds is 8. The molecule has 4 aromatic rings. The molecule has 0 saturated carbocycles. The summed E-state index contributed by atoms with van der Waals surface area (Å²) in [5.74, 6) is -0.388. The number of furan rings is 1. The minimum atomic E-state index is -0.710. The van der Waals surface area contributed by atoms with Crippen molar-refractivity contribution in [3.63, 3.8) is 0 Å². The number of nitrogens with one attached hydrogen (secondary N) is 1. The summed E-state index contributed by atoms with van der Waals surface area (Å²) in [5, 5.41) is 2.84. The van der Waals surface area contributed by atoms with Gasteiger partial charge in [0.2, 0.25) is 5.91 Å². The van der Waals surface area contributed by atoms with Gasteiger partial charge in [-0.25, -0.2) is 0 Å². The van der Waals surface area contributed by atoms with Crippen LogP contribution in [-0.2, 0) is 17.8 Å². The number of hydrogen-bond acceptors (Lipinski definition) is 3. The molecule has 1 atom stereocenters. The van der Waals surface area contributed by atoms with Crippen molar-refractivity contribution in [2.75, 3.05) is 7.05 Å². The summed E-state index contributed by atoms with van der Waals surface area (Å²) in [7, 11) is 1.75. The minimum absolute atomic E-state index is 0.161. The van der Waals surface area contributed by atoms with Crippen LogP contribution >= 0.6 is 0 Å². The Morgan fingerprint density at radius 2 is 1.42 bits per heavy atom. The fourth-order valence-electron chi connectivity index (χ4n) is 3.74. The normalized spacial score (nSPS) is 11.5. The van der Waals surface area contributed by atoms with E-state index in [0.29, 0.717) is 13.0 Å². The molecule has 1 unspecified atom stereocenters. The van der Waals surface area contributed by atoms with Gasteiger partial charge in [0.05, 0.1) is 6.26 Å². The summed E-state index contributed by atoms with van der Waals surface area (Å²) in [4.78, 5) is 27.6. The van der Waals surface area contributed by atoms with Crippen LogP contribution in [-0.4, -0.2) is 29.8 Å². The number of amides is 2. The maximum absolute atomic E-state index is 13.3. The van der Waals surface area contributed by atoms with Crippen LogP contribution < -0.4 is 5.32 Å². The Kier molecular flexibility index (Phi) is 7.00. The van der Waals surface area contributed by atoms with Crippen LogP contribution in [0.3, 0.4) is 0 Å². The van der Waals surface area contributed by atoms with E-state index in [1.54, 1.807) is 24.1 Å². The van der Waals surface area contributed by atoms with Crippen LogP contribution in [0.5, 0.6) is 0 Å². The first-order valence-corrected chi connectivity index (χ1v) is 10.9. The summed E-state index contributed by atoms with van der Waals surface area (Å²) in [6.45, 7) is 0.440. The molecule has 5 heteroatoms. The maximum Gasteiger partial charge on any atom is 0.287 e. The summed E-state index contributed by atoms with van der Waals surface area (Å²) < 4.78 is 5.19. The van der Waals surface area contributed by atoms with Gasteiger partial charge in [0.25, 0.3) is 5.91 Å². The van der Waals surface area contributed by atoms with Crippen molar-refractivity contribution >= 4 is 11.8 Å². The van der Waals surface area contributed by atoms with E-state index in [4.69, 9.17) is 4.42 Å². The zero-order valence-electron chi connectivity index (χ0n) is 18.5. The van der Waals surface area contributed by atoms with Crippen molar-refractivity contribution in [2.24, 2.45) is 0 Å². The Morgan fingerprint density at radius 3 is 2.06 bits per heavy atom. The van der Waals surface area contributed by atoms with E-state index in [2.05, 4.69) is 29.6 Å². The summed E-state index contributed by atoms with van der Waals surface area (Å²) in [6.07, 6.45) is 1.83. The molecule has 0 saturated heterocycles. The average molecular weight is 439 g/mol. The second-order valence-electron chi connectivity index (χ2n) is 7.95. The van der Waals surface area contributed by atoms with Gasteiger partial charge in [-0.15, -0.1) is 0 Å². The third-order valence-electron chi connectivity index (χ3n) is 5.49. The lowest BCUT2D eigenvalue weighted by Crippen LogP contribution is -2.48. The topological polar surface area (TPSA) is 62.6 Å². The molecule has 5 nitrogen and oxygen atoms in total. The molecule has 0 radical (unpaired) electrons. The van der Waals surface area contributed by atoms with Crippen LogP contribution in [0, 0.1) is 0 Å². The van der Waals surface area contributed by atoms with Gasteiger partial charge in [-0.2, -0.15) is 0 Å². The zero-order valence-corrected chi connectivity index (χ0v) is 18.5. The van der Waals surface area contributed by atoms with Crippen molar-refractivity contribution in [3.05, 3.63) is 120 Å². The zero-order chi connectivity index (χ0) is 23.0. The first-order valence-electron chi connectivity index (χ1n) is 10.9. The van der Waals surface area contributed by atoms with Gasteiger partial charge in [-0.1, -0.05) is 84.9 Å². The van der Waals surface area contributed by atoms with Crippen LogP contribution in [0.15, 0.2) is 108 Å². The lowest BCUT2D eigenvalue weighted by molar-refractivity contribution is -0.132. The number of carbonyl (C=O) groups is 2. The molecule has 0 fully saturated rings. The van der Waals surface area contributed by atoms with E-state index < -0.39 is 11.9 Å². The molecule has 0 aliphatic heterocycles. The molecule has 1 N–H and O–H groups in total. The van der Waals surface area contributed by atoms with Crippen LogP contribution in [0.25, 0.3) is 11.1 Å². The highest BCUT2D eigenvalue weighted by molar-refractivity contribution is 5.95. The van der Waals surface area contributed by atoms with E-state index in [-0.39, 0.29) is 11.7 Å². The third kappa shape index (κ3) is 5.77. The van der Waals surface area contributed by atoms with Gasteiger partial charge < -0.3 is 14.6 Å². The van der Waals surface area contributed by atoms with Gasteiger partial charge in [0, 0.05) is 20.0 Å². The van der Waals surface area contributed by atoms with Crippen LogP contribution in [0.2, 0.25) is 0 Å². The molecule has 1 heterocycles. The van der Waals surface area contributed by atoms with Crippen LogP contribution in [0.4, 0.5) is 0 Å². The second kappa shape index (κ2) is 10.5.